The number of amides is 1. The van der Waals surface area contributed by atoms with Gasteiger partial charge in [-0.15, -0.1) is 10.2 Å². The minimum atomic E-state index is -0.430. The Hall–Kier alpha value is -3.20. The van der Waals surface area contributed by atoms with Gasteiger partial charge >= 0.3 is 0 Å². The lowest BCUT2D eigenvalue weighted by Crippen LogP contribution is -2.24. The number of nitrogens with one attached hydrogen (secondary N) is 1. The van der Waals surface area contributed by atoms with Crippen molar-refractivity contribution in [3.05, 3.63) is 75.6 Å². The molecule has 0 atom stereocenters. The standard InChI is InChI=1S/C23H27N5O3S/c1-3-4-5-9-22(29)24-15-21-25-26-23(32-16-18-8-6-7-17(2)14-18)27(21)19-10-12-20(13-11-19)28(30)31/h6-8,10-14H,3-5,9,15-16H2,1-2H3,(H,24,29). The third-order valence-corrected chi connectivity index (χ3v) is 5.92. The molecule has 1 heterocycles. The summed E-state index contributed by atoms with van der Waals surface area (Å²) in [6.07, 6.45) is 3.42. The van der Waals surface area contributed by atoms with Crippen molar-refractivity contribution in [1.29, 1.82) is 0 Å². The molecule has 0 unspecified atom stereocenters. The van der Waals surface area contributed by atoms with E-state index in [1.165, 1.54) is 35.0 Å². The second kappa shape index (κ2) is 11.4. The molecule has 0 spiro atoms. The maximum absolute atomic E-state index is 12.2. The van der Waals surface area contributed by atoms with Crippen LogP contribution in [0.15, 0.2) is 53.7 Å². The van der Waals surface area contributed by atoms with Gasteiger partial charge in [0.1, 0.15) is 0 Å². The summed E-state index contributed by atoms with van der Waals surface area (Å²) in [5.74, 6) is 1.26. The van der Waals surface area contributed by atoms with Crippen LogP contribution in [0.1, 0.15) is 49.6 Å². The van der Waals surface area contributed by atoms with Crippen LogP contribution < -0.4 is 5.32 Å². The van der Waals surface area contributed by atoms with Crippen LogP contribution in [0, 0.1) is 17.0 Å². The van der Waals surface area contributed by atoms with E-state index in [0.29, 0.717) is 28.8 Å². The van der Waals surface area contributed by atoms with Crippen molar-refractivity contribution in [1.82, 2.24) is 20.1 Å². The Bertz CT molecular complexity index is 1070. The zero-order chi connectivity index (χ0) is 22.9. The molecule has 168 valence electrons. The lowest BCUT2D eigenvalue weighted by molar-refractivity contribution is -0.384. The number of aromatic nitrogens is 3. The molecule has 0 fully saturated rings. The zero-order valence-electron chi connectivity index (χ0n) is 18.3. The minimum absolute atomic E-state index is 0.0153. The highest BCUT2D eigenvalue weighted by Crippen LogP contribution is 2.26. The van der Waals surface area contributed by atoms with Gasteiger partial charge in [0.05, 0.1) is 11.5 Å². The number of rotatable bonds is 11. The fourth-order valence-corrected chi connectivity index (χ4v) is 4.16. The molecule has 0 aliphatic heterocycles. The van der Waals surface area contributed by atoms with Gasteiger partial charge < -0.3 is 5.32 Å². The summed E-state index contributed by atoms with van der Waals surface area (Å²) >= 11 is 1.53. The van der Waals surface area contributed by atoms with Gasteiger partial charge in [-0.2, -0.15) is 0 Å². The summed E-state index contributed by atoms with van der Waals surface area (Å²) in [7, 11) is 0. The number of non-ortho nitro benzene ring substituents is 1. The van der Waals surface area contributed by atoms with Crippen molar-refractivity contribution in [2.24, 2.45) is 0 Å². The minimum Gasteiger partial charge on any atom is -0.349 e. The number of unbranched alkanes of at least 4 members (excludes halogenated alkanes) is 2. The van der Waals surface area contributed by atoms with Crippen LogP contribution >= 0.6 is 11.8 Å². The maximum Gasteiger partial charge on any atom is 0.269 e. The van der Waals surface area contributed by atoms with Gasteiger partial charge in [-0.25, -0.2) is 0 Å². The highest BCUT2D eigenvalue weighted by molar-refractivity contribution is 7.98. The fourth-order valence-electron chi connectivity index (χ4n) is 3.24. The molecular formula is C23H27N5O3S. The van der Waals surface area contributed by atoms with Crippen LogP contribution in [-0.4, -0.2) is 25.6 Å². The lowest BCUT2D eigenvalue weighted by Gasteiger charge is -2.11. The second-order valence-electron chi connectivity index (χ2n) is 7.52. The van der Waals surface area contributed by atoms with Gasteiger partial charge in [0.15, 0.2) is 11.0 Å². The van der Waals surface area contributed by atoms with Gasteiger partial charge in [-0.3, -0.25) is 19.5 Å². The Balaban J connectivity index is 1.81. The van der Waals surface area contributed by atoms with Crippen LogP contribution in [0.25, 0.3) is 5.69 Å². The monoisotopic (exact) mass is 453 g/mol. The number of nitrogens with zero attached hydrogens (tertiary/aromatic N) is 4. The van der Waals surface area contributed by atoms with Gasteiger partial charge in [0.2, 0.25) is 5.91 Å². The molecule has 1 N–H and O–H groups in total. The molecule has 9 heteroatoms. The Labute approximate surface area is 191 Å². The molecule has 8 nitrogen and oxygen atoms in total. The van der Waals surface area contributed by atoms with Gasteiger partial charge in [-0.05, 0) is 31.0 Å². The molecule has 0 bridgehead atoms. The summed E-state index contributed by atoms with van der Waals surface area (Å²) in [4.78, 5) is 22.8. The molecule has 0 saturated carbocycles. The predicted molar refractivity (Wildman–Crippen MR) is 125 cm³/mol. The first-order valence-corrected chi connectivity index (χ1v) is 11.6. The quantitative estimate of drug-likeness (QED) is 0.190. The Morgan fingerprint density at radius 3 is 2.62 bits per heavy atom. The smallest absolute Gasteiger partial charge is 0.269 e. The highest BCUT2D eigenvalue weighted by Gasteiger charge is 2.16. The summed E-state index contributed by atoms with van der Waals surface area (Å²) in [5, 5.41) is 23.2. The third kappa shape index (κ3) is 6.40. The van der Waals surface area contributed by atoms with Crippen LogP contribution in [0.3, 0.4) is 0 Å². The van der Waals surface area contributed by atoms with E-state index < -0.39 is 4.92 Å². The zero-order valence-corrected chi connectivity index (χ0v) is 19.1. The number of nitro benzene ring substituents is 1. The molecule has 0 aliphatic carbocycles. The third-order valence-electron chi connectivity index (χ3n) is 4.92. The van der Waals surface area contributed by atoms with Crippen LogP contribution in [0.4, 0.5) is 5.69 Å². The molecule has 0 aliphatic rings. The number of carbonyl (C=O) groups excluding carboxylic acids is 1. The number of thioether (sulfide) groups is 1. The molecule has 1 aromatic heterocycles. The molecule has 1 amide bonds. The number of hydrogen-bond donors (Lipinski definition) is 1. The van der Waals surface area contributed by atoms with E-state index in [2.05, 4.69) is 47.6 Å². The Morgan fingerprint density at radius 2 is 1.94 bits per heavy atom. The van der Waals surface area contributed by atoms with E-state index in [1.807, 2.05) is 10.6 Å². The number of hydrogen-bond acceptors (Lipinski definition) is 6. The number of aryl methyl sites for hydroxylation is 1. The fraction of sp³-hybridized carbons (Fsp3) is 0.348. The van der Waals surface area contributed by atoms with E-state index in [0.717, 1.165) is 19.3 Å². The number of benzene rings is 2. The van der Waals surface area contributed by atoms with E-state index >= 15 is 0 Å². The lowest BCUT2D eigenvalue weighted by atomic mass is 10.2. The summed E-state index contributed by atoms with van der Waals surface area (Å²) in [6, 6.07) is 14.5. The average Bonchev–Trinajstić information content (AvgIpc) is 3.19. The first kappa shape index (κ1) is 23.5. The largest absolute Gasteiger partial charge is 0.349 e. The Morgan fingerprint density at radius 1 is 1.16 bits per heavy atom. The summed E-state index contributed by atoms with van der Waals surface area (Å²) in [6.45, 7) is 4.38. The molecule has 3 aromatic rings. The summed E-state index contributed by atoms with van der Waals surface area (Å²) < 4.78 is 1.84. The second-order valence-corrected chi connectivity index (χ2v) is 8.46. The molecule has 3 rings (SSSR count). The van der Waals surface area contributed by atoms with Crippen molar-refractivity contribution in [2.45, 2.75) is 57.0 Å². The molecule has 2 aromatic carbocycles. The summed E-state index contributed by atoms with van der Waals surface area (Å²) in [5.41, 5.74) is 3.08. The SMILES string of the molecule is CCCCCC(=O)NCc1nnc(SCc2cccc(C)c2)n1-c1ccc([N+](=O)[O-])cc1. The first-order chi connectivity index (χ1) is 15.5. The molecule has 0 radical (unpaired) electrons. The van der Waals surface area contributed by atoms with E-state index in [4.69, 9.17) is 0 Å². The van der Waals surface area contributed by atoms with Crippen LogP contribution in [-0.2, 0) is 17.1 Å². The number of nitro groups is 1. The Kier molecular flexibility index (Phi) is 8.38. The van der Waals surface area contributed by atoms with E-state index in [1.54, 1.807) is 12.1 Å². The highest BCUT2D eigenvalue weighted by atomic mass is 32.2. The van der Waals surface area contributed by atoms with Gasteiger partial charge in [-0.1, -0.05) is 61.4 Å². The van der Waals surface area contributed by atoms with E-state index in [-0.39, 0.29) is 18.1 Å². The van der Waals surface area contributed by atoms with Gasteiger partial charge in [0, 0.05) is 30.0 Å². The van der Waals surface area contributed by atoms with E-state index in [9.17, 15) is 14.9 Å². The van der Waals surface area contributed by atoms with Crippen molar-refractivity contribution >= 4 is 23.4 Å². The average molecular weight is 454 g/mol. The van der Waals surface area contributed by atoms with Crippen molar-refractivity contribution in [3.8, 4) is 5.69 Å². The van der Waals surface area contributed by atoms with Crippen molar-refractivity contribution < 1.29 is 9.72 Å². The van der Waals surface area contributed by atoms with Crippen LogP contribution in [0.5, 0.6) is 0 Å². The topological polar surface area (TPSA) is 103 Å². The number of carbonyl (C=O) groups is 1. The normalized spacial score (nSPS) is 10.8. The molecule has 32 heavy (non-hydrogen) atoms. The van der Waals surface area contributed by atoms with Gasteiger partial charge in [0.25, 0.3) is 5.69 Å². The van der Waals surface area contributed by atoms with Crippen LogP contribution in [0.2, 0.25) is 0 Å². The van der Waals surface area contributed by atoms with Crippen molar-refractivity contribution in [3.63, 3.8) is 0 Å². The predicted octanol–water partition coefficient (Wildman–Crippen LogP) is 4.97. The van der Waals surface area contributed by atoms with Crippen molar-refractivity contribution in [2.75, 3.05) is 0 Å². The molecular weight excluding hydrogens is 426 g/mol. The first-order valence-electron chi connectivity index (χ1n) is 10.6. The maximum atomic E-state index is 12.2. The molecule has 0 saturated heterocycles.